The molecule has 0 aliphatic heterocycles. The van der Waals surface area contributed by atoms with Gasteiger partial charge < -0.3 is 5.32 Å². The Bertz CT molecular complexity index is 517. The summed E-state index contributed by atoms with van der Waals surface area (Å²) in [4.78, 5) is 24.4. The van der Waals surface area contributed by atoms with Crippen LogP contribution in [0.5, 0.6) is 0 Å². The highest BCUT2D eigenvalue weighted by Gasteiger charge is 2.36. The molecule has 1 amide bonds. The van der Waals surface area contributed by atoms with Crippen molar-refractivity contribution in [3.05, 3.63) is 33.8 Å². The number of nitrogens with one attached hydrogen (secondary N) is 1. The highest BCUT2D eigenvalue weighted by Crippen LogP contribution is 2.23. The Morgan fingerprint density at radius 2 is 1.75 bits per heavy atom. The maximum absolute atomic E-state index is 12.2. The molecular formula is C13H13Br2Cl2NO2. The van der Waals surface area contributed by atoms with Gasteiger partial charge in [0, 0.05) is 15.6 Å². The SMILES string of the molecule is CCC(C)(NC(=O)c1cc(Cl)cc(Cl)c1)C(=O)C(Br)Br. The first kappa shape index (κ1) is 18.0. The summed E-state index contributed by atoms with van der Waals surface area (Å²) in [7, 11) is 0. The summed E-state index contributed by atoms with van der Waals surface area (Å²) in [6.07, 6.45) is 0.458. The summed E-state index contributed by atoms with van der Waals surface area (Å²) < 4.78 is -0.525. The van der Waals surface area contributed by atoms with Crippen LogP contribution in [0.2, 0.25) is 10.0 Å². The van der Waals surface area contributed by atoms with E-state index < -0.39 is 15.2 Å². The average Bonchev–Trinajstić information content (AvgIpc) is 2.36. The molecule has 0 aliphatic rings. The van der Waals surface area contributed by atoms with Crippen LogP contribution < -0.4 is 5.32 Å². The fraction of sp³-hybridized carbons (Fsp3) is 0.385. The number of hydrogen-bond donors (Lipinski definition) is 1. The lowest BCUT2D eigenvalue weighted by Crippen LogP contribution is -2.53. The van der Waals surface area contributed by atoms with Gasteiger partial charge >= 0.3 is 0 Å². The summed E-state index contributed by atoms with van der Waals surface area (Å²) in [5.74, 6) is -0.561. The molecule has 0 fully saturated rings. The minimum atomic E-state index is -0.983. The lowest BCUT2D eigenvalue weighted by molar-refractivity contribution is -0.122. The molecule has 1 aromatic carbocycles. The van der Waals surface area contributed by atoms with Crippen molar-refractivity contribution in [2.24, 2.45) is 0 Å². The third-order valence-corrected chi connectivity index (χ3v) is 4.23. The molecule has 0 heterocycles. The Morgan fingerprint density at radius 1 is 1.25 bits per heavy atom. The van der Waals surface area contributed by atoms with Crippen molar-refractivity contribution >= 4 is 66.8 Å². The maximum atomic E-state index is 12.2. The van der Waals surface area contributed by atoms with Crippen molar-refractivity contribution in [2.45, 2.75) is 29.5 Å². The number of hydrogen-bond acceptors (Lipinski definition) is 2. The summed E-state index contributed by atoms with van der Waals surface area (Å²) in [5.41, 5.74) is -0.667. The molecule has 1 N–H and O–H groups in total. The molecule has 0 bridgehead atoms. The van der Waals surface area contributed by atoms with Gasteiger partial charge in [-0.2, -0.15) is 0 Å². The van der Waals surface area contributed by atoms with Crippen molar-refractivity contribution in [3.8, 4) is 0 Å². The first-order valence-corrected chi connectivity index (χ1v) is 8.39. The Hall–Kier alpha value is -0.100. The minimum Gasteiger partial charge on any atom is -0.340 e. The number of amides is 1. The Labute approximate surface area is 144 Å². The van der Waals surface area contributed by atoms with Gasteiger partial charge in [0.1, 0.15) is 3.74 Å². The van der Waals surface area contributed by atoms with E-state index in [4.69, 9.17) is 23.2 Å². The van der Waals surface area contributed by atoms with E-state index in [9.17, 15) is 9.59 Å². The molecule has 7 heteroatoms. The zero-order chi connectivity index (χ0) is 15.5. The quantitative estimate of drug-likeness (QED) is 0.674. The van der Waals surface area contributed by atoms with Gasteiger partial charge in [0.15, 0.2) is 5.78 Å². The fourth-order valence-corrected chi connectivity index (χ4v) is 3.11. The summed E-state index contributed by atoms with van der Waals surface area (Å²) in [5, 5.41) is 3.46. The fourth-order valence-electron chi connectivity index (χ4n) is 1.57. The number of benzene rings is 1. The van der Waals surface area contributed by atoms with Crippen LogP contribution in [0.15, 0.2) is 18.2 Å². The van der Waals surface area contributed by atoms with Crippen LogP contribution in [0, 0.1) is 0 Å². The number of ketones is 1. The van der Waals surface area contributed by atoms with Crippen LogP contribution in [-0.4, -0.2) is 21.0 Å². The van der Waals surface area contributed by atoms with E-state index in [0.29, 0.717) is 22.0 Å². The van der Waals surface area contributed by atoms with E-state index in [1.54, 1.807) is 6.92 Å². The van der Waals surface area contributed by atoms with Gasteiger partial charge in [0.05, 0.1) is 5.54 Å². The summed E-state index contributed by atoms with van der Waals surface area (Å²) >= 11 is 18.1. The number of rotatable bonds is 5. The second-order valence-corrected chi connectivity index (χ2v) is 8.40. The van der Waals surface area contributed by atoms with Gasteiger partial charge in [0.2, 0.25) is 0 Å². The van der Waals surface area contributed by atoms with Crippen LogP contribution in [-0.2, 0) is 4.79 Å². The Balaban J connectivity index is 3.00. The van der Waals surface area contributed by atoms with Crippen molar-refractivity contribution in [1.29, 1.82) is 0 Å². The molecule has 0 radical (unpaired) electrons. The van der Waals surface area contributed by atoms with E-state index in [1.165, 1.54) is 18.2 Å². The number of halogens is 4. The Kier molecular flexibility index (Phi) is 6.51. The molecule has 0 spiro atoms. The molecular weight excluding hydrogens is 433 g/mol. The van der Waals surface area contributed by atoms with Gasteiger partial charge in [-0.3, -0.25) is 9.59 Å². The van der Waals surface area contributed by atoms with Gasteiger partial charge in [-0.15, -0.1) is 0 Å². The number of carbonyl (C=O) groups excluding carboxylic acids is 2. The molecule has 110 valence electrons. The van der Waals surface area contributed by atoms with E-state index in [1.807, 2.05) is 6.92 Å². The van der Waals surface area contributed by atoms with Crippen molar-refractivity contribution in [2.75, 3.05) is 0 Å². The normalized spacial score (nSPS) is 13.9. The van der Waals surface area contributed by atoms with Gasteiger partial charge in [-0.1, -0.05) is 62.0 Å². The van der Waals surface area contributed by atoms with Crippen molar-refractivity contribution in [1.82, 2.24) is 5.32 Å². The third-order valence-electron chi connectivity index (χ3n) is 2.96. The van der Waals surface area contributed by atoms with E-state index >= 15 is 0 Å². The van der Waals surface area contributed by atoms with Crippen LogP contribution in [0.1, 0.15) is 30.6 Å². The summed E-state index contributed by atoms with van der Waals surface area (Å²) in [6.45, 7) is 3.50. The average molecular weight is 446 g/mol. The first-order chi connectivity index (χ1) is 9.19. The monoisotopic (exact) mass is 443 g/mol. The molecule has 0 aliphatic carbocycles. The van der Waals surface area contributed by atoms with E-state index in [2.05, 4.69) is 37.2 Å². The third kappa shape index (κ3) is 4.45. The van der Waals surface area contributed by atoms with E-state index in [0.717, 1.165) is 0 Å². The highest BCUT2D eigenvalue weighted by atomic mass is 79.9. The van der Waals surface area contributed by atoms with E-state index in [-0.39, 0.29) is 5.78 Å². The predicted octanol–water partition coefficient (Wildman–Crippen LogP) is 4.58. The largest absolute Gasteiger partial charge is 0.340 e. The number of alkyl halides is 2. The van der Waals surface area contributed by atoms with Crippen LogP contribution in [0.25, 0.3) is 0 Å². The maximum Gasteiger partial charge on any atom is 0.252 e. The molecule has 0 aromatic heterocycles. The van der Waals surface area contributed by atoms with Gasteiger partial charge in [-0.05, 0) is 31.5 Å². The second kappa shape index (κ2) is 7.25. The molecule has 0 saturated heterocycles. The minimum absolute atomic E-state index is 0.165. The number of carbonyl (C=O) groups is 2. The second-order valence-electron chi connectivity index (χ2n) is 4.46. The van der Waals surface area contributed by atoms with Gasteiger partial charge in [-0.25, -0.2) is 0 Å². The number of Topliss-reactive ketones (excluding diaryl/α,β-unsaturated/α-hetero) is 1. The molecule has 20 heavy (non-hydrogen) atoms. The van der Waals surface area contributed by atoms with Crippen LogP contribution in [0.4, 0.5) is 0 Å². The van der Waals surface area contributed by atoms with Crippen molar-refractivity contribution in [3.63, 3.8) is 0 Å². The van der Waals surface area contributed by atoms with Crippen molar-refractivity contribution < 1.29 is 9.59 Å². The zero-order valence-corrected chi connectivity index (χ0v) is 15.5. The predicted molar refractivity (Wildman–Crippen MR) is 89.3 cm³/mol. The summed E-state index contributed by atoms with van der Waals surface area (Å²) in [6, 6.07) is 4.54. The lowest BCUT2D eigenvalue weighted by atomic mass is 9.93. The molecule has 1 unspecified atom stereocenters. The topological polar surface area (TPSA) is 46.2 Å². The Morgan fingerprint density at radius 3 is 2.15 bits per heavy atom. The molecule has 1 aromatic rings. The standard InChI is InChI=1S/C13H13Br2Cl2NO2/c1-3-13(2,10(19)11(14)15)18-12(20)7-4-8(16)6-9(17)5-7/h4-6,11H,3H2,1-2H3,(H,18,20). The van der Waals surface area contributed by atoms with Crippen LogP contribution in [0.3, 0.4) is 0 Å². The molecule has 3 nitrogen and oxygen atoms in total. The molecule has 0 saturated carbocycles. The zero-order valence-electron chi connectivity index (χ0n) is 10.8. The lowest BCUT2D eigenvalue weighted by Gasteiger charge is -2.29. The molecule has 1 atom stereocenters. The first-order valence-electron chi connectivity index (χ1n) is 5.80. The highest BCUT2D eigenvalue weighted by molar-refractivity contribution is 9.25. The smallest absolute Gasteiger partial charge is 0.252 e. The van der Waals surface area contributed by atoms with Crippen LogP contribution >= 0.6 is 55.1 Å². The van der Waals surface area contributed by atoms with Gasteiger partial charge in [0.25, 0.3) is 5.91 Å². The molecule has 1 rings (SSSR count).